The molecule has 0 amide bonds. The molecule has 2 heteroatoms. The predicted molar refractivity (Wildman–Crippen MR) is 56.2 cm³/mol. The van der Waals surface area contributed by atoms with Crippen molar-refractivity contribution >= 4 is 15.9 Å². The molecule has 0 saturated carbocycles. The van der Waals surface area contributed by atoms with E-state index in [0.717, 1.165) is 10.9 Å². The van der Waals surface area contributed by atoms with E-state index in [1.54, 1.807) is 0 Å². The van der Waals surface area contributed by atoms with E-state index in [1.165, 1.54) is 5.56 Å². The van der Waals surface area contributed by atoms with Crippen molar-refractivity contribution in [2.24, 2.45) is 0 Å². The van der Waals surface area contributed by atoms with Gasteiger partial charge in [-0.2, -0.15) is 5.26 Å². The molecule has 0 aliphatic rings. The molecule has 0 radical (unpaired) electrons. The van der Waals surface area contributed by atoms with Gasteiger partial charge < -0.3 is 0 Å². The van der Waals surface area contributed by atoms with Gasteiger partial charge in [0.25, 0.3) is 0 Å². The molecule has 1 rings (SSSR count). The topological polar surface area (TPSA) is 23.8 Å². The molecular formula is C11H8BrN. The highest BCUT2D eigenvalue weighted by molar-refractivity contribution is 9.08. The zero-order valence-corrected chi connectivity index (χ0v) is 8.63. The Balaban J connectivity index is 2.80. The van der Waals surface area contributed by atoms with Crippen molar-refractivity contribution in [1.82, 2.24) is 0 Å². The molecule has 1 aromatic rings. The third-order valence-electron chi connectivity index (χ3n) is 1.48. The summed E-state index contributed by atoms with van der Waals surface area (Å²) in [5.41, 5.74) is 2.16. The minimum Gasteiger partial charge on any atom is -0.197 e. The molecule has 0 heterocycles. The molecule has 0 saturated heterocycles. The number of benzene rings is 1. The highest BCUT2D eigenvalue weighted by Crippen LogP contribution is 2.07. The first-order valence-corrected chi connectivity index (χ1v) is 4.99. The Morgan fingerprint density at radius 1 is 1.38 bits per heavy atom. The van der Waals surface area contributed by atoms with Crippen LogP contribution in [-0.4, -0.2) is 0 Å². The van der Waals surface area contributed by atoms with Gasteiger partial charge in [-0.25, -0.2) is 0 Å². The average molecular weight is 234 g/mol. The second-order valence-electron chi connectivity index (χ2n) is 2.47. The maximum atomic E-state index is 8.29. The minimum absolute atomic E-state index is 0.290. The van der Waals surface area contributed by atoms with E-state index in [2.05, 4.69) is 27.8 Å². The van der Waals surface area contributed by atoms with Gasteiger partial charge in [0.2, 0.25) is 0 Å². The Morgan fingerprint density at radius 3 is 2.92 bits per heavy atom. The highest BCUT2D eigenvalue weighted by Gasteiger charge is 1.89. The van der Waals surface area contributed by atoms with Crippen molar-refractivity contribution in [3.05, 3.63) is 35.4 Å². The maximum absolute atomic E-state index is 8.29. The van der Waals surface area contributed by atoms with Crippen LogP contribution in [0, 0.1) is 23.2 Å². The van der Waals surface area contributed by atoms with Gasteiger partial charge in [0.05, 0.1) is 12.5 Å². The van der Waals surface area contributed by atoms with Gasteiger partial charge >= 0.3 is 0 Å². The largest absolute Gasteiger partial charge is 0.197 e. The maximum Gasteiger partial charge on any atom is 0.0966 e. The van der Waals surface area contributed by atoms with E-state index in [4.69, 9.17) is 5.26 Å². The molecule has 0 fully saturated rings. The number of nitrogens with zero attached hydrogens (tertiary/aromatic N) is 1. The minimum atomic E-state index is 0.290. The van der Waals surface area contributed by atoms with E-state index in [-0.39, 0.29) is 0 Å². The van der Waals surface area contributed by atoms with Gasteiger partial charge in [0.15, 0.2) is 0 Å². The molecule has 0 aliphatic carbocycles. The van der Waals surface area contributed by atoms with Crippen LogP contribution in [0.2, 0.25) is 0 Å². The van der Waals surface area contributed by atoms with Crippen molar-refractivity contribution in [1.29, 1.82) is 5.26 Å². The van der Waals surface area contributed by atoms with E-state index in [0.29, 0.717) is 6.42 Å². The number of alkyl halides is 1. The van der Waals surface area contributed by atoms with Gasteiger partial charge in [-0.3, -0.25) is 0 Å². The predicted octanol–water partition coefficient (Wildman–Crippen LogP) is 2.85. The quantitative estimate of drug-likeness (QED) is 0.541. The monoisotopic (exact) mass is 233 g/mol. The summed E-state index contributed by atoms with van der Waals surface area (Å²) in [6.07, 6.45) is 0.290. The lowest BCUT2D eigenvalue weighted by Crippen LogP contribution is -1.79. The lowest BCUT2D eigenvalue weighted by Gasteiger charge is -1.94. The standard InChI is InChI=1S/C11H8BrN/c12-9-11-6-3-5-10(8-11)4-1-2-7-13/h3,5-6,8H,2,9H2. The number of rotatable bonds is 1. The number of halogens is 1. The van der Waals surface area contributed by atoms with Crippen molar-refractivity contribution in [3.8, 4) is 17.9 Å². The summed E-state index contributed by atoms with van der Waals surface area (Å²) >= 11 is 3.37. The first-order chi connectivity index (χ1) is 6.36. The number of hydrogen-bond donors (Lipinski definition) is 0. The average Bonchev–Trinajstić information content (AvgIpc) is 2.19. The summed E-state index contributed by atoms with van der Waals surface area (Å²) in [5.74, 6) is 5.70. The van der Waals surface area contributed by atoms with Crippen LogP contribution in [0.5, 0.6) is 0 Å². The Hall–Kier alpha value is -1.25. The normalized spacial score (nSPS) is 8.31. The van der Waals surface area contributed by atoms with E-state index in [9.17, 15) is 0 Å². The van der Waals surface area contributed by atoms with Gasteiger partial charge in [0.1, 0.15) is 0 Å². The Morgan fingerprint density at radius 2 is 2.23 bits per heavy atom. The zero-order valence-electron chi connectivity index (χ0n) is 7.05. The van der Waals surface area contributed by atoms with Gasteiger partial charge in [-0.05, 0) is 17.7 Å². The lowest BCUT2D eigenvalue weighted by molar-refractivity contribution is 1.39. The van der Waals surface area contributed by atoms with Crippen LogP contribution in [0.3, 0.4) is 0 Å². The lowest BCUT2D eigenvalue weighted by atomic mass is 10.1. The fourth-order valence-corrected chi connectivity index (χ4v) is 1.27. The van der Waals surface area contributed by atoms with Crippen molar-refractivity contribution < 1.29 is 0 Å². The summed E-state index contributed by atoms with van der Waals surface area (Å²) < 4.78 is 0. The second kappa shape index (κ2) is 5.41. The molecular weight excluding hydrogens is 226 g/mol. The van der Waals surface area contributed by atoms with Crippen LogP contribution in [0.25, 0.3) is 0 Å². The Labute approximate surface area is 86.5 Å². The molecule has 0 N–H and O–H groups in total. The van der Waals surface area contributed by atoms with Crippen LogP contribution in [-0.2, 0) is 5.33 Å². The summed E-state index contributed by atoms with van der Waals surface area (Å²) in [6.45, 7) is 0. The second-order valence-corrected chi connectivity index (χ2v) is 3.03. The van der Waals surface area contributed by atoms with E-state index >= 15 is 0 Å². The summed E-state index contributed by atoms with van der Waals surface area (Å²) in [6, 6.07) is 9.93. The third-order valence-corrected chi connectivity index (χ3v) is 2.13. The molecule has 1 aromatic carbocycles. The highest BCUT2D eigenvalue weighted by atomic mass is 79.9. The van der Waals surface area contributed by atoms with Gasteiger partial charge in [0, 0.05) is 10.9 Å². The fourth-order valence-electron chi connectivity index (χ4n) is 0.918. The van der Waals surface area contributed by atoms with Crippen molar-refractivity contribution in [2.75, 3.05) is 0 Å². The van der Waals surface area contributed by atoms with Crippen LogP contribution < -0.4 is 0 Å². The molecule has 0 bridgehead atoms. The van der Waals surface area contributed by atoms with Crippen LogP contribution in [0.4, 0.5) is 0 Å². The summed E-state index contributed by atoms with van der Waals surface area (Å²) in [7, 11) is 0. The first kappa shape index (κ1) is 9.84. The number of hydrogen-bond acceptors (Lipinski definition) is 1. The first-order valence-electron chi connectivity index (χ1n) is 3.87. The molecule has 0 unspecified atom stereocenters. The van der Waals surface area contributed by atoms with Crippen LogP contribution in [0.15, 0.2) is 24.3 Å². The fraction of sp³-hybridized carbons (Fsp3) is 0.182. The Kier molecular flexibility index (Phi) is 4.09. The van der Waals surface area contributed by atoms with E-state index in [1.807, 2.05) is 30.3 Å². The third kappa shape index (κ3) is 3.32. The van der Waals surface area contributed by atoms with E-state index < -0.39 is 0 Å². The molecule has 0 atom stereocenters. The Bertz CT molecular complexity index is 379. The molecule has 64 valence electrons. The molecule has 0 aromatic heterocycles. The summed E-state index contributed by atoms with van der Waals surface area (Å²) in [5, 5.41) is 9.12. The molecule has 13 heavy (non-hydrogen) atoms. The van der Waals surface area contributed by atoms with Gasteiger partial charge in [-0.1, -0.05) is 39.9 Å². The van der Waals surface area contributed by atoms with Crippen LogP contribution >= 0.6 is 15.9 Å². The smallest absolute Gasteiger partial charge is 0.0966 e. The van der Waals surface area contributed by atoms with Gasteiger partial charge in [-0.15, -0.1) is 0 Å². The molecule has 1 nitrogen and oxygen atoms in total. The molecule has 0 spiro atoms. The van der Waals surface area contributed by atoms with Crippen LogP contribution in [0.1, 0.15) is 17.5 Å². The van der Waals surface area contributed by atoms with Crippen molar-refractivity contribution in [2.45, 2.75) is 11.8 Å². The van der Waals surface area contributed by atoms with Crippen molar-refractivity contribution in [3.63, 3.8) is 0 Å². The SMILES string of the molecule is N#CCC#Cc1cccc(CBr)c1. The summed E-state index contributed by atoms with van der Waals surface area (Å²) in [4.78, 5) is 0. The number of nitriles is 1. The zero-order chi connectivity index (χ0) is 9.52. The molecule has 0 aliphatic heterocycles.